The third-order valence-electron chi connectivity index (χ3n) is 3.70. The molecule has 1 aromatic rings. The lowest BCUT2D eigenvalue weighted by Crippen LogP contribution is -2.05. The van der Waals surface area contributed by atoms with Crippen LogP contribution in [-0.2, 0) is 0 Å². The van der Waals surface area contributed by atoms with E-state index in [2.05, 4.69) is 32.0 Å². The molecule has 0 amide bonds. The SMILES string of the molecule is CC1(C)C(CN)C1c1ccc(C#N)cc1. The van der Waals surface area contributed by atoms with Gasteiger partial charge in [-0.1, -0.05) is 26.0 Å². The maximum absolute atomic E-state index is 8.71. The lowest BCUT2D eigenvalue weighted by Gasteiger charge is -2.02. The van der Waals surface area contributed by atoms with Crippen LogP contribution in [0.3, 0.4) is 0 Å². The van der Waals surface area contributed by atoms with E-state index in [4.69, 9.17) is 11.0 Å². The number of hydrogen-bond acceptors (Lipinski definition) is 2. The van der Waals surface area contributed by atoms with Crippen LogP contribution in [0, 0.1) is 22.7 Å². The van der Waals surface area contributed by atoms with E-state index in [-0.39, 0.29) is 0 Å². The van der Waals surface area contributed by atoms with Crippen LogP contribution in [0.5, 0.6) is 0 Å². The van der Waals surface area contributed by atoms with E-state index in [9.17, 15) is 0 Å². The Labute approximate surface area is 90.7 Å². The molecule has 2 rings (SSSR count). The highest BCUT2D eigenvalue weighted by Gasteiger charge is 2.56. The van der Waals surface area contributed by atoms with Crippen molar-refractivity contribution in [2.24, 2.45) is 17.1 Å². The van der Waals surface area contributed by atoms with Crippen LogP contribution >= 0.6 is 0 Å². The second-order valence-corrected chi connectivity index (χ2v) is 4.88. The number of rotatable bonds is 2. The second-order valence-electron chi connectivity index (χ2n) is 4.88. The molecule has 2 nitrogen and oxygen atoms in total. The summed E-state index contributed by atoms with van der Waals surface area (Å²) >= 11 is 0. The Hall–Kier alpha value is -1.33. The molecule has 15 heavy (non-hydrogen) atoms. The first kappa shape index (κ1) is 10.2. The van der Waals surface area contributed by atoms with Gasteiger partial charge in [0, 0.05) is 0 Å². The van der Waals surface area contributed by atoms with Crippen molar-refractivity contribution in [1.29, 1.82) is 5.26 Å². The van der Waals surface area contributed by atoms with Crippen LogP contribution in [0.25, 0.3) is 0 Å². The predicted octanol–water partition coefficient (Wildman–Crippen LogP) is 2.26. The van der Waals surface area contributed by atoms with Crippen LogP contribution in [0.15, 0.2) is 24.3 Å². The Kier molecular flexibility index (Phi) is 2.28. The van der Waals surface area contributed by atoms with E-state index in [0.717, 1.165) is 12.1 Å². The molecule has 1 fully saturated rings. The molecule has 1 aliphatic carbocycles. The average molecular weight is 200 g/mol. The maximum atomic E-state index is 8.71. The minimum atomic E-state index is 0.322. The standard InChI is InChI=1S/C13H16N2/c1-13(2)11(8-15)12(13)10-5-3-9(7-14)4-6-10/h3-6,11-12H,8,15H2,1-2H3. The summed E-state index contributed by atoms with van der Waals surface area (Å²) in [6.07, 6.45) is 0. The number of nitrogens with two attached hydrogens (primary N) is 1. The van der Waals surface area contributed by atoms with Gasteiger partial charge < -0.3 is 5.73 Å². The fraction of sp³-hybridized carbons (Fsp3) is 0.462. The van der Waals surface area contributed by atoms with E-state index in [1.165, 1.54) is 5.56 Å². The van der Waals surface area contributed by atoms with Gasteiger partial charge in [-0.3, -0.25) is 0 Å². The van der Waals surface area contributed by atoms with Gasteiger partial charge >= 0.3 is 0 Å². The van der Waals surface area contributed by atoms with E-state index in [1.54, 1.807) is 0 Å². The number of nitrogens with zero attached hydrogens (tertiary/aromatic N) is 1. The Bertz CT molecular complexity index is 398. The number of benzene rings is 1. The van der Waals surface area contributed by atoms with E-state index in [1.807, 2.05) is 12.1 Å². The summed E-state index contributed by atoms with van der Waals surface area (Å²) in [4.78, 5) is 0. The normalized spacial score (nSPS) is 27.1. The fourth-order valence-corrected chi connectivity index (χ4v) is 2.61. The lowest BCUT2D eigenvalue weighted by molar-refractivity contribution is 0.558. The van der Waals surface area contributed by atoms with Gasteiger partial charge in [-0.15, -0.1) is 0 Å². The van der Waals surface area contributed by atoms with E-state index < -0.39 is 0 Å². The third kappa shape index (κ3) is 1.53. The van der Waals surface area contributed by atoms with Gasteiger partial charge in [0.1, 0.15) is 0 Å². The molecule has 2 unspecified atom stereocenters. The monoisotopic (exact) mass is 200 g/mol. The molecule has 0 aliphatic heterocycles. The molecular weight excluding hydrogens is 184 g/mol. The van der Waals surface area contributed by atoms with Crippen LogP contribution in [0.2, 0.25) is 0 Å². The molecule has 1 aliphatic rings. The van der Waals surface area contributed by atoms with E-state index in [0.29, 0.717) is 17.3 Å². The Morgan fingerprint density at radius 2 is 1.93 bits per heavy atom. The summed E-state index contributed by atoms with van der Waals surface area (Å²) < 4.78 is 0. The number of nitriles is 1. The van der Waals surface area contributed by atoms with Crippen molar-refractivity contribution in [2.45, 2.75) is 19.8 Å². The molecule has 2 atom stereocenters. The summed E-state index contributed by atoms with van der Waals surface area (Å²) in [5, 5.41) is 8.71. The quantitative estimate of drug-likeness (QED) is 0.796. The van der Waals surface area contributed by atoms with E-state index >= 15 is 0 Å². The largest absolute Gasteiger partial charge is 0.330 e. The minimum absolute atomic E-state index is 0.322. The van der Waals surface area contributed by atoms with Gasteiger partial charge in [-0.25, -0.2) is 0 Å². The molecule has 0 aromatic heterocycles. The van der Waals surface area contributed by atoms with Gasteiger partial charge in [0.25, 0.3) is 0 Å². The zero-order valence-corrected chi connectivity index (χ0v) is 9.20. The van der Waals surface area contributed by atoms with Crippen molar-refractivity contribution in [1.82, 2.24) is 0 Å². The smallest absolute Gasteiger partial charge is 0.0991 e. The summed E-state index contributed by atoms with van der Waals surface area (Å²) in [6.45, 7) is 5.26. The molecule has 1 aromatic carbocycles. The second kappa shape index (κ2) is 3.36. The highest BCUT2D eigenvalue weighted by atomic mass is 14.7. The van der Waals surface area contributed by atoms with Gasteiger partial charge in [-0.2, -0.15) is 5.26 Å². The Morgan fingerprint density at radius 1 is 1.33 bits per heavy atom. The summed E-state index contributed by atoms with van der Waals surface area (Å²) in [6, 6.07) is 10.0. The highest BCUT2D eigenvalue weighted by molar-refractivity contribution is 5.37. The zero-order chi connectivity index (χ0) is 11.1. The fourth-order valence-electron chi connectivity index (χ4n) is 2.61. The molecule has 0 radical (unpaired) electrons. The summed E-state index contributed by atoms with van der Waals surface area (Å²) in [7, 11) is 0. The first-order valence-electron chi connectivity index (χ1n) is 5.31. The van der Waals surface area contributed by atoms with Gasteiger partial charge in [0.05, 0.1) is 11.6 Å². The van der Waals surface area contributed by atoms with Crippen molar-refractivity contribution in [3.8, 4) is 6.07 Å². The van der Waals surface area contributed by atoms with Gasteiger partial charge in [0.15, 0.2) is 0 Å². The minimum Gasteiger partial charge on any atom is -0.330 e. The van der Waals surface area contributed by atoms with Crippen LogP contribution in [0.4, 0.5) is 0 Å². The van der Waals surface area contributed by atoms with Crippen LogP contribution in [0.1, 0.15) is 30.9 Å². The highest BCUT2D eigenvalue weighted by Crippen LogP contribution is 2.63. The lowest BCUT2D eigenvalue weighted by atomic mass is 10.0. The number of hydrogen-bond donors (Lipinski definition) is 1. The Morgan fingerprint density at radius 3 is 2.33 bits per heavy atom. The van der Waals surface area contributed by atoms with Crippen molar-refractivity contribution in [2.75, 3.05) is 6.54 Å². The maximum Gasteiger partial charge on any atom is 0.0991 e. The molecule has 0 spiro atoms. The summed E-state index contributed by atoms with van der Waals surface area (Å²) in [5.74, 6) is 1.15. The first-order chi connectivity index (χ1) is 7.11. The predicted molar refractivity (Wildman–Crippen MR) is 60.2 cm³/mol. The molecule has 1 saturated carbocycles. The Balaban J connectivity index is 2.23. The van der Waals surface area contributed by atoms with Crippen molar-refractivity contribution in [3.63, 3.8) is 0 Å². The third-order valence-corrected chi connectivity index (χ3v) is 3.70. The molecule has 0 heterocycles. The van der Waals surface area contributed by atoms with Crippen molar-refractivity contribution < 1.29 is 0 Å². The summed E-state index contributed by atoms with van der Waals surface area (Å²) in [5.41, 5.74) is 8.10. The van der Waals surface area contributed by atoms with Crippen LogP contribution in [-0.4, -0.2) is 6.54 Å². The average Bonchev–Trinajstić information content (AvgIpc) is 2.80. The van der Waals surface area contributed by atoms with Crippen molar-refractivity contribution >= 4 is 0 Å². The van der Waals surface area contributed by atoms with Crippen molar-refractivity contribution in [3.05, 3.63) is 35.4 Å². The zero-order valence-electron chi connectivity index (χ0n) is 9.20. The molecule has 78 valence electrons. The van der Waals surface area contributed by atoms with Gasteiger partial charge in [-0.05, 0) is 41.5 Å². The molecule has 2 heteroatoms. The van der Waals surface area contributed by atoms with Crippen LogP contribution < -0.4 is 5.73 Å². The molecule has 0 bridgehead atoms. The van der Waals surface area contributed by atoms with Gasteiger partial charge in [0.2, 0.25) is 0 Å². The molecule has 2 N–H and O–H groups in total. The molecule has 0 saturated heterocycles. The topological polar surface area (TPSA) is 49.8 Å². The first-order valence-corrected chi connectivity index (χ1v) is 5.31. The molecular formula is C13H16N2.